The van der Waals surface area contributed by atoms with Crippen LogP contribution < -0.4 is 5.11 Å². The number of hydrogen-bond donors (Lipinski definition) is 0. The number of hydrogen-bond acceptors (Lipinski definition) is 5. The Bertz CT molecular complexity index is 497. The molecule has 1 saturated carbocycles. The lowest BCUT2D eigenvalue weighted by Gasteiger charge is -2.20. The van der Waals surface area contributed by atoms with Crippen LogP contribution in [0.25, 0.3) is 0 Å². The van der Waals surface area contributed by atoms with Gasteiger partial charge in [0.1, 0.15) is 0 Å². The fraction of sp³-hybridized carbons (Fsp3) is 0.462. The number of nitrogens with zero attached hydrogens (tertiary/aromatic N) is 1. The van der Waals surface area contributed by atoms with Crippen molar-refractivity contribution in [2.45, 2.75) is 42.2 Å². The monoisotopic (exact) mass is 280 g/mol. The predicted octanol–water partition coefficient (Wildman–Crippen LogP) is 2.38. The average Bonchev–Trinajstić information content (AvgIpc) is 2.39. The van der Waals surface area contributed by atoms with Crippen molar-refractivity contribution < 1.29 is 14.8 Å². The molecule has 0 aliphatic heterocycles. The zero-order valence-electron chi connectivity index (χ0n) is 10.3. The van der Waals surface area contributed by atoms with Gasteiger partial charge in [0.25, 0.3) is 5.69 Å². The fourth-order valence-corrected chi connectivity index (χ4v) is 3.58. The first kappa shape index (κ1) is 13.9. The van der Waals surface area contributed by atoms with E-state index in [-0.39, 0.29) is 11.3 Å². The van der Waals surface area contributed by atoms with Gasteiger partial charge >= 0.3 is 0 Å². The van der Waals surface area contributed by atoms with Gasteiger partial charge in [-0.05, 0) is 18.9 Å². The zero-order chi connectivity index (χ0) is 13.8. The van der Waals surface area contributed by atoms with Crippen LogP contribution in [0.3, 0.4) is 0 Å². The third kappa shape index (κ3) is 3.47. The molecule has 1 aromatic carbocycles. The van der Waals surface area contributed by atoms with E-state index < -0.39 is 10.9 Å². The standard InChI is InChI=1S/C13H15NO4S/c15-13(16)9-6-7-12(11(8-9)14(17)18)19-10-4-2-1-3-5-10/h6-8,10H,1-5H2,(H,15,16)/p-1. The Hall–Kier alpha value is -1.56. The van der Waals surface area contributed by atoms with Crippen molar-refractivity contribution in [2.24, 2.45) is 0 Å². The molecular formula is C13H14NO4S-. The summed E-state index contributed by atoms with van der Waals surface area (Å²) in [6.07, 6.45) is 5.65. The zero-order valence-corrected chi connectivity index (χ0v) is 11.1. The molecule has 0 radical (unpaired) electrons. The Morgan fingerprint density at radius 3 is 2.53 bits per heavy atom. The van der Waals surface area contributed by atoms with Gasteiger partial charge in [-0.15, -0.1) is 11.8 Å². The number of carboxylic acid groups (broad SMARTS) is 1. The van der Waals surface area contributed by atoms with Gasteiger partial charge in [0.05, 0.1) is 15.8 Å². The van der Waals surface area contributed by atoms with E-state index in [0.717, 1.165) is 31.7 Å². The van der Waals surface area contributed by atoms with Crippen LogP contribution in [0, 0.1) is 10.1 Å². The quantitative estimate of drug-likeness (QED) is 0.624. The van der Waals surface area contributed by atoms with E-state index in [1.54, 1.807) is 0 Å². The summed E-state index contributed by atoms with van der Waals surface area (Å²) in [6, 6.07) is 3.97. The average molecular weight is 280 g/mol. The van der Waals surface area contributed by atoms with Crippen molar-refractivity contribution in [1.82, 2.24) is 0 Å². The second-order valence-corrected chi connectivity index (χ2v) is 5.95. The van der Waals surface area contributed by atoms with E-state index in [1.165, 1.54) is 30.3 Å². The predicted molar refractivity (Wildman–Crippen MR) is 70.2 cm³/mol. The molecule has 0 N–H and O–H groups in total. The second-order valence-electron chi connectivity index (χ2n) is 4.60. The first-order chi connectivity index (χ1) is 9.08. The third-order valence-corrected chi connectivity index (χ3v) is 4.64. The summed E-state index contributed by atoms with van der Waals surface area (Å²) in [5, 5.41) is 22.1. The molecule has 6 heteroatoms. The van der Waals surface area contributed by atoms with Crippen LogP contribution in [0.4, 0.5) is 5.69 Å². The Morgan fingerprint density at radius 1 is 1.26 bits per heavy atom. The van der Waals surface area contributed by atoms with E-state index >= 15 is 0 Å². The lowest BCUT2D eigenvalue weighted by molar-refractivity contribution is -0.387. The topological polar surface area (TPSA) is 83.3 Å². The van der Waals surface area contributed by atoms with Gasteiger partial charge in [0, 0.05) is 16.9 Å². The summed E-state index contributed by atoms with van der Waals surface area (Å²) in [6.45, 7) is 0. The van der Waals surface area contributed by atoms with Gasteiger partial charge in [-0.2, -0.15) is 0 Å². The minimum atomic E-state index is -1.39. The van der Waals surface area contributed by atoms with E-state index in [9.17, 15) is 20.0 Å². The number of carbonyl (C=O) groups excluding carboxylic acids is 1. The Kier molecular flexibility index (Phi) is 4.42. The normalized spacial score (nSPS) is 16.2. The summed E-state index contributed by atoms with van der Waals surface area (Å²) >= 11 is 1.48. The second kappa shape index (κ2) is 6.06. The molecule has 0 unspecified atom stereocenters. The largest absolute Gasteiger partial charge is 0.545 e. The first-order valence-electron chi connectivity index (χ1n) is 6.24. The Labute approximate surface area is 115 Å². The molecule has 102 valence electrons. The number of nitro benzene ring substituents is 1. The number of carbonyl (C=O) groups is 1. The molecule has 0 heterocycles. The van der Waals surface area contributed by atoms with E-state index in [2.05, 4.69) is 0 Å². The highest BCUT2D eigenvalue weighted by Gasteiger charge is 2.21. The van der Waals surface area contributed by atoms with Crippen molar-refractivity contribution in [2.75, 3.05) is 0 Å². The lowest BCUT2D eigenvalue weighted by Crippen LogP contribution is -2.22. The maximum Gasteiger partial charge on any atom is 0.283 e. The Balaban J connectivity index is 2.23. The molecule has 19 heavy (non-hydrogen) atoms. The van der Waals surface area contributed by atoms with Crippen molar-refractivity contribution >= 4 is 23.4 Å². The molecule has 0 spiro atoms. The SMILES string of the molecule is O=C([O-])c1ccc(SC2CCCCC2)c([N+](=O)[O-])c1. The summed E-state index contributed by atoms with van der Waals surface area (Å²) in [5.41, 5.74) is -0.294. The molecule has 0 amide bonds. The highest BCUT2D eigenvalue weighted by atomic mass is 32.2. The number of nitro groups is 1. The molecule has 0 atom stereocenters. The van der Waals surface area contributed by atoms with Gasteiger partial charge in [-0.3, -0.25) is 10.1 Å². The summed E-state index contributed by atoms with van der Waals surface area (Å²) in [5.74, 6) is -1.39. The van der Waals surface area contributed by atoms with Gasteiger partial charge < -0.3 is 9.90 Å². The van der Waals surface area contributed by atoms with Gasteiger partial charge in [0.2, 0.25) is 0 Å². The number of rotatable bonds is 4. The van der Waals surface area contributed by atoms with Crippen LogP contribution in [-0.2, 0) is 0 Å². The van der Waals surface area contributed by atoms with Crippen LogP contribution in [-0.4, -0.2) is 16.1 Å². The van der Waals surface area contributed by atoms with Crippen molar-refractivity contribution in [3.05, 3.63) is 33.9 Å². The van der Waals surface area contributed by atoms with E-state index in [4.69, 9.17) is 0 Å². The molecule has 1 aliphatic rings. The number of aromatic carboxylic acids is 1. The first-order valence-corrected chi connectivity index (χ1v) is 7.12. The van der Waals surface area contributed by atoms with Crippen molar-refractivity contribution in [3.8, 4) is 0 Å². The van der Waals surface area contributed by atoms with E-state index in [0.29, 0.717) is 10.1 Å². The van der Waals surface area contributed by atoms with Crippen molar-refractivity contribution in [1.29, 1.82) is 0 Å². The maximum absolute atomic E-state index is 11.0. The number of thioether (sulfide) groups is 1. The molecule has 0 bridgehead atoms. The van der Waals surface area contributed by atoms with Crippen LogP contribution >= 0.6 is 11.8 Å². The van der Waals surface area contributed by atoms with E-state index in [1.807, 2.05) is 0 Å². The molecule has 0 aromatic heterocycles. The highest BCUT2D eigenvalue weighted by Crippen LogP contribution is 2.38. The summed E-state index contributed by atoms with van der Waals surface area (Å²) in [4.78, 5) is 21.8. The van der Waals surface area contributed by atoms with Crippen LogP contribution in [0.15, 0.2) is 23.1 Å². The molecule has 2 rings (SSSR count). The van der Waals surface area contributed by atoms with Crippen LogP contribution in [0.1, 0.15) is 42.5 Å². The van der Waals surface area contributed by atoms with Crippen LogP contribution in [0.5, 0.6) is 0 Å². The smallest absolute Gasteiger partial charge is 0.283 e. The summed E-state index contributed by atoms with van der Waals surface area (Å²) < 4.78 is 0. The molecular weight excluding hydrogens is 266 g/mol. The number of carboxylic acids is 1. The molecule has 5 nitrogen and oxygen atoms in total. The third-order valence-electron chi connectivity index (χ3n) is 3.24. The molecule has 1 aliphatic carbocycles. The Morgan fingerprint density at radius 2 is 1.95 bits per heavy atom. The van der Waals surface area contributed by atoms with Gasteiger partial charge in [-0.1, -0.05) is 25.3 Å². The fourth-order valence-electron chi connectivity index (χ4n) is 2.25. The van der Waals surface area contributed by atoms with Gasteiger partial charge in [-0.25, -0.2) is 0 Å². The van der Waals surface area contributed by atoms with Gasteiger partial charge in [0.15, 0.2) is 0 Å². The minimum Gasteiger partial charge on any atom is -0.545 e. The molecule has 1 fully saturated rings. The number of benzene rings is 1. The maximum atomic E-state index is 11.0. The molecule has 1 aromatic rings. The highest BCUT2D eigenvalue weighted by molar-refractivity contribution is 8.00. The summed E-state index contributed by atoms with van der Waals surface area (Å²) in [7, 11) is 0. The van der Waals surface area contributed by atoms with Crippen LogP contribution in [0.2, 0.25) is 0 Å². The van der Waals surface area contributed by atoms with Crippen molar-refractivity contribution in [3.63, 3.8) is 0 Å². The molecule has 0 saturated heterocycles. The minimum absolute atomic E-state index is 0.141. The lowest BCUT2D eigenvalue weighted by atomic mass is 10.0.